The summed E-state index contributed by atoms with van der Waals surface area (Å²) in [5.41, 5.74) is 8.94. The lowest BCUT2D eigenvalue weighted by Crippen LogP contribution is -1.99. The van der Waals surface area contributed by atoms with Crippen molar-refractivity contribution in [2.45, 2.75) is 6.92 Å². The molecular formula is C18H18N2O2. The van der Waals surface area contributed by atoms with E-state index in [-0.39, 0.29) is 0 Å². The zero-order chi connectivity index (χ0) is 15.7. The monoisotopic (exact) mass is 294 g/mol. The maximum absolute atomic E-state index is 6.06. The Bertz CT molecular complexity index is 844. The van der Waals surface area contributed by atoms with Gasteiger partial charge in [0, 0.05) is 28.3 Å². The van der Waals surface area contributed by atoms with Gasteiger partial charge >= 0.3 is 0 Å². The number of benzene rings is 2. The summed E-state index contributed by atoms with van der Waals surface area (Å²) in [5.74, 6) is 2.05. The first-order valence-electron chi connectivity index (χ1n) is 7.03. The Balaban J connectivity index is 2.35. The number of hydrogen-bond donors (Lipinski definition) is 1. The molecule has 0 saturated carbocycles. The van der Waals surface area contributed by atoms with Gasteiger partial charge in [-0.2, -0.15) is 0 Å². The fourth-order valence-corrected chi connectivity index (χ4v) is 2.76. The Morgan fingerprint density at radius 2 is 1.68 bits per heavy atom. The van der Waals surface area contributed by atoms with E-state index in [1.807, 2.05) is 43.3 Å². The number of pyridine rings is 1. The quantitative estimate of drug-likeness (QED) is 0.798. The topological polar surface area (TPSA) is 57.4 Å². The number of nitrogens with zero attached hydrogens (tertiary/aromatic N) is 1. The molecule has 0 aliphatic heterocycles. The molecule has 3 aromatic rings. The zero-order valence-electron chi connectivity index (χ0n) is 12.9. The SMILES string of the molecule is COc1ccc(-c2c(C)nc(N)c3ccccc23)c(OC)c1. The molecule has 0 unspecified atom stereocenters. The van der Waals surface area contributed by atoms with Crippen LogP contribution in [0.2, 0.25) is 0 Å². The van der Waals surface area contributed by atoms with Gasteiger partial charge in [-0.05, 0) is 24.4 Å². The number of fused-ring (bicyclic) bond motifs is 1. The van der Waals surface area contributed by atoms with Gasteiger partial charge in [0.05, 0.1) is 14.2 Å². The third kappa shape index (κ3) is 2.22. The van der Waals surface area contributed by atoms with E-state index in [2.05, 4.69) is 11.1 Å². The maximum atomic E-state index is 6.06. The number of rotatable bonds is 3. The van der Waals surface area contributed by atoms with Crippen LogP contribution in [0.4, 0.5) is 5.82 Å². The Morgan fingerprint density at radius 3 is 2.36 bits per heavy atom. The van der Waals surface area contributed by atoms with Crippen LogP contribution in [0.15, 0.2) is 42.5 Å². The van der Waals surface area contributed by atoms with Gasteiger partial charge in [0.2, 0.25) is 0 Å². The number of methoxy groups -OCH3 is 2. The van der Waals surface area contributed by atoms with E-state index in [4.69, 9.17) is 15.2 Å². The summed E-state index contributed by atoms with van der Waals surface area (Å²) in [6.45, 7) is 1.96. The van der Waals surface area contributed by atoms with Crippen LogP contribution >= 0.6 is 0 Å². The summed E-state index contributed by atoms with van der Waals surface area (Å²) in [5, 5.41) is 2.01. The number of ether oxygens (including phenoxy) is 2. The molecule has 2 N–H and O–H groups in total. The highest BCUT2D eigenvalue weighted by Gasteiger charge is 2.15. The summed E-state index contributed by atoms with van der Waals surface area (Å²) in [7, 11) is 3.29. The third-order valence-corrected chi connectivity index (χ3v) is 3.80. The Labute approximate surface area is 129 Å². The Hall–Kier alpha value is -2.75. The summed E-state index contributed by atoms with van der Waals surface area (Å²) in [6, 6.07) is 13.8. The van der Waals surface area contributed by atoms with Crippen molar-refractivity contribution in [3.05, 3.63) is 48.2 Å². The molecule has 0 radical (unpaired) electrons. The number of anilines is 1. The average Bonchev–Trinajstić information content (AvgIpc) is 2.55. The van der Waals surface area contributed by atoms with Crippen molar-refractivity contribution in [1.82, 2.24) is 4.98 Å². The molecule has 0 saturated heterocycles. The van der Waals surface area contributed by atoms with Crippen LogP contribution in [-0.4, -0.2) is 19.2 Å². The van der Waals surface area contributed by atoms with Gasteiger partial charge in [-0.3, -0.25) is 0 Å². The lowest BCUT2D eigenvalue weighted by Gasteiger charge is -2.15. The van der Waals surface area contributed by atoms with Gasteiger partial charge in [0.15, 0.2) is 0 Å². The second kappa shape index (κ2) is 5.56. The molecule has 1 heterocycles. The van der Waals surface area contributed by atoms with E-state index in [9.17, 15) is 0 Å². The molecule has 0 bridgehead atoms. The average molecular weight is 294 g/mol. The van der Waals surface area contributed by atoms with Crippen LogP contribution in [0.25, 0.3) is 21.9 Å². The van der Waals surface area contributed by atoms with Crippen molar-refractivity contribution < 1.29 is 9.47 Å². The molecule has 4 heteroatoms. The van der Waals surface area contributed by atoms with Crippen molar-refractivity contribution in [3.63, 3.8) is 0 Å². The highest BCUT2D eigenvalue weighted by molar-refractivity contribution is 6.03. The van der Waals surface area contributed by atoms with E-state index >= 15 is 0 Å². The molecule has 0 amide bonds. The molecule has 4 nitrogen and oxygen atoms in total. The molecule has 2 aromatic carbocycles. The van der Waals surface area contributed by atoms with Crippen molar-refractivity contribution >= 4 is 16.6 Å². The van der Waals surface area contributed by atoms with Crippen molar-refractivity contribution in [1.29, 1.82) is 0 Å². The van der Waals surface area contributed by atoms with Gasteiger partial charge < -0.3 is 15.2 Å². The van der Waals surface area contributed by atoms with E-state index < -0.39 is 0 Å². The smallest absolute Gasteiger partial charge is 0.131 e. The molecule has 3 rings (SSSR count). The molecule has 1 aromatic heterocycles. The second-order valence-electron chi connectivity index (χ2n) is 5.07. The lowest BCUT2D eigenvalue weighted by molar-refractivity contribution is 0.395. The highest BCUT2D eigenvalue weighted by Crippen LogP contribution is 2.39. The van der Waals surface area contributed by atoms with E-state index in [1.54, 1.807) is 14.2 Å². The first-order valence-corrected chi connectivity index (χ1v) is 7.03. The van der Waals surface area contributed by atoms with Crippen LogP contribution in [0.3, 0.4) is 0 Å². The predicted molar refractivity (Wildman–Crippen MR) is 89.4 cm³/mol. The number of nitrogens with two attached hydrogens (primary N) is 1. The largest absolute Gasteiger partial charge is 0.497 e. The molecule has 0 spiro atoms. The van der Waals surface area contributed by atoms with Crippen LogP contribution in [0, 0.1) is 6.92 Å². The lowest BCUT2D eigenvalue weighted by atomic mass is 9.96. The summed E-state index contributed by atoms with van der Waals surface area (Å²) < 4.78 is 10.8. The number of hydrogen-bond acceptors (Lipinski definition) is 4. The predicted octanol–water partition coefficient (Wildman–Crippen LogP) is 3.81. The molecule has 0 aliphatic rings. The number of aromatic nitrogens is 1. The fourth-order valence-electron chi connectivity index (χ4n) is 2.76. The first-order chi connectivity index (χ1) is 10.7. The van der Waals surface area contributed by atoms with Gasteiger partial charge in [0.25, 0.3) is 0 Å². The molecule has 0 aliphatic carbocycles. The normalized spacial score (nSPS) is 10.7. The minimum atomic E-state index is 0.546. The second-order valence-corrected chi connectivity index (χ2v) is 5.07. The van der Waals surface area contributed by atoms with Crippen LogP contribution in [0.1, 0.15) is 5.69 Å². The summed E-state index contributed by atoms with van der Waals surface area (Å²) >= 11 is 0. The number of nitrogen functional groups attached to an aromatic ring is 1. The zero-order valence-corrected chi connectivity index (χ0v) is 12.9. The van der Waals surface area contributed by atoms with Gasteiger partial charge in [0.1, 0.15) is 17.3 Å². The molecular weight excluding hydrogens is 276 g/mol. The maximum Gasteiger partial charge on any atom is 0.131 e. The minimum absolute atomic E-state index is 0.546. The Kier molecular flexibility index (Phi) is 3.59. The number of aryl methyl sites for hydroxylation is 1. The highest BCUT2D eigenvalue weighted by atomic mass is 16.5. The first kappa shape index (κ1) is 14.2. The standard InChI is InChI=1S/C18H18N2O2/c1-11-17(13-6-4-5-7-14(13)18(19)20-11)15-9-8-12(21-2)10-16(15)22-3/h4-10H,1-3H3,(H2,19,20). The third-order valence-electron chi connectivity index (χ3n) is 3.80. The van der Waals surface area contributed by atoms with Gasteiger partial charge in [-0.25, -0.2) is 4.98 Å². The van der Waals surface area contributed by atoms with Gasteiger partial charge in [-0.1, -0.05) is 24.3 Å². The van der Waals surface area contributed by atoms with E-state index in [1.165, 1.54) is 0 Å². The minimum Gasteiger partial charge on any atom is -0.497 e. The van der Waals surface area contributed by atoms with Crippen molar-refractivity contribution in [2.24, 2.45) is 0 Å². The van der Waals surface area contributed by atoms with Crippen LogP contribution in [0.5, 0.6) is 11.5 Å². The van der Waals surface area contributed by atoms with Crippen LogP contribution < -0.4 is 15.2 Å². The Morgan fingerprint density at radius 1 is 0.955 bits per heavy atom. The summed E-state index contributed by atoms with van der Waals surface area (Å²) in [6.07, 6.45) is 0. The van der Waals surface area contributed by atoms with Gasteiger partial charge in [-0.15, -0.1) is 0 Å². The molecule has 22 heavy (non-hydrogen) atoms. The molecule has 0 fully saturated rings. The van der Waals surface area contributed by atoms with E-state index in [0.29, 0.717) is 5.82 Å². The fraction of sp³-hybridized carbons (Fsp3) is 0.167. The molecule has 0 atom stereocenters. The van der Waals surface area contributed by atoms with Crippen molar-refractivity contribution in [2.75, 3.05) is 20.0 Å². The van der Waals surface area contributed by atoms with E-state index in [0.717, 1.165) is 39.1 Å². The van der Waals surface area contributed by atoms with Crippen molar-refractivity contribution in [3.8, 4) is 22.6 Å². The molecule has 112 valence electrons. The summed E-state index contributed by atoms with van der Waals surface area (Å²) in [4.78, 5) is 4.49. The van der Waals surface area contributed by atoms with Crippen LogP contribution in [-0.2, 0) is 0 Å².